The van der Waals surface area contributed by atoms with E-state index in [2.05, 4.69) is 26.9 Å². The highest BCUT2D eigenvalue weighted by molar-refractivity contribution is 5.79. The molecule has 1 unspecified atom stereocenters. The van der Waals surface area contributed by atoms with Crippen molar-refractivity contribution in [1.29, 1.82) is 0 Å². The molecule has 114 valence electrons. The fourth-order valence-corrected chi connectivity index (χ4v) is 3.53. The Labute approximate surface area is 130 Å². The molecular weight excluding hydrogens is 276 g/mol. The fourth-order valence-electron chi connectivity index (χ4n) is 3.53. The average molecular weight is 296 g/mol. The van der Waals surface area contributed by atoms with Crippen LogP contribution in [0.3, 0.4) is 0 Å². The van der Waals surface area contributed by atoms with Crippen molar-refractivity contribution in [2.75, 3.05) is 6.54 Å². The van der Waals surface area contributed by atoms with Crippen LogP contribution in [0.15, 0.2) is 30.3 Å². The van der Waals surface area contributed by atoms with Gasteiger partial charge in [0.25, 0.3) is 0 Å². The van der Waals surface area contributed by atoms with Crippen LogP contribution in [-0.2, 0) is 24.3 Å². The predicted octanol–water partition coefficient (Wildman–Crippen LogP) is 2.13. The molecule has 5 nitrogen and oxygen atoms in total. The van der Waals surface area contributed by atoms with Gasteiger partial charge < -0.3 is 9.47 Å². The van der Waals surface area contributed by atoms with Gasteiger partial charge in [-0.1, -0.05) is 30.3 Å². The summed E-state index contributed by atoms with van der Waals surface area (Å²) in [6.45, 7) is 2.45. The number of carbonyl (C=O) groups excluding carboxylic acids is 1. The van der Waals surface area contributed by atoms with E-state index in [1.807, 2.05) is 23.1 Å². The number of hydrogen-bond acceptors (Lipinski definition) is 3. The third kappa shape index (κ3) is 2.40. The summed E-state index contributed by atoms with van der Waals surface area (Å²) in [4.78, 5) is 14.3. The summed E-state index contributed by atoms with van der Waals surface area (Å²) in [5, 5.41) is 8.71. The van der Waals surface area contributed by atoms with Crippen LogP contribution in [0.5, 0.6) is 0 Å². The maximum absolute atomic E-state index is 12.3. The summed E-state index contributed by atoms with van der Waals surface area (Å²) >= 11 is 0. The Morgan fingerprint density at radius 3 is 2.86 bits per heavy atom. The number of aromatic nitrogens is 3. The van der Waals surface area contributed by atoms with Crippen LogP contribution in [0, 0.1) is 0 Å². The predicted molar refractivity (Wildman–Crippen MR) is 82.2 cm³/mol. The van der Waals surface area contributed by atoms with Crippen LogP contribution >= 0.6 is 0 Å². The Bertz CT molecular complexity index is 679. The van der Waals surface area contributed by atoms with Crippen molar-refractivity contribution in [2.45, 2.75) is 44.7 Å². The molecular formula is C17H20N4O. The Hall–Kier alpha value is -2.17. The van der Waals surface area contributed by atoms with E-state index in [-0.39, 0.29) is 11.8 Å². The normalized spacial score (nSPS) is 21.2. The van der Waals surface area contributed by atoms with Crippen molar-refractivity contribution in [3.8, 4) is 0 Å². The van der Waals surface area contributed by atoms with Gasteiger partial charge in [-0.2, -0.15) is 0 Å². The zero-order valence-corrected chi connectivity index (χ0v) is 12.6. The van der Waals surface area contributed by atoms with E-state index < -0.39 is 0 Å². The van der Waals surface area contributed by atoms with Gasteiger partial charge >= 0.3 is 0 Å². The van der Waals surface area contributed by atoms with Gasteiger partial charge in [0.15, 0.2) is 0 Å². The third-order valence-corrected chi connectivity index (χ3v) is 4.68. The minimum absolute atomic E-state index is 0.190. The molecule has 0 spiro atoms. The molecule has 1 amide bonds. The lowest BCUT2D eigenvalue weighted by Crippen LogP contribution is -2.24. The Morgan fingerprint density at radius 2 is 2.00 bits per heavy atom. The minimum Gasteiger partial charge on any atom is -0.338 e. The van der Waals surface area contributed by atoms with Gasteiger partial charge in [-0.3, -0.25) is 4.79 Å². The molecule has 0 N–H and O–H groups in total. The molecule has 1 atom stereocenters. The number of aryl methyl sites for hydroxylation is 1. The number of rotatable bonds is 3. The first kappa shape index (κ1) is 13.5. The smallest absolute Gasteiger partial charge is 0.223 e. The average Bonchev–Trinajstić information content (AvgIpc) is 3.12. The first-order valence-corrected chi connectivity index (χ1v) is 8.05. The molecule has 1 aromatic carbocycles. The molecule has 0 radical (unpaired) electrons. The van der Waals surface area contributed by atoms with Crippen molar-refractivity contribution < 1.29 is 4.79 Å². The van der Waals surface area contributed by atoms with E-state index in [1.54, 1.807) is 0 Å². The number of carbonyl (C=O) groups is 1. The molecule has 2 aromatic rings. The maximum atomic E-state index is 12.3. The van der Waals surface area contributed by atoms with Crippen molar-refractivity contribution in [2.24, 2.45) is 0 Å². The number of amides is 1. The molecule has 2 aliphatic rings. The lowest BCUT2D eigenvalue weighted by Gasteiger charge is -2.18. The summed E-state index contributed by atoms with van der Waals surface area (Å²) in [5.41, 5.74) is 1.18. The number of likely N-dealkylation sites (tertiary alicyclic amines) is 1. The second-order valence-corrected chi connectivity index (χ2v) is 6.24. The highest BCUT2D eigenvalue weighted by Gasteiger charge is 2.34. The Kier molecular flexibility index (Phi) is 3.41. The van der Waals surface area contributed by atoms with Gasteiger partial charge in [0, 0.05) is 38.4 Å². The monoisotopic (exact) mass is 296 g/mol. The number of benzene rings is 1. The molecule has 3 heterocycles. The number of hydrogen-bond donors (Lipinski definition) is 0. The molecule has 1 fully saturated rings. The topological polar surface area (TPSA) is 51.0 Å². The van der Waals surface area contributed by atoms with E-state index in [0.29, 0.717) is 13.0 Å². The summed E-state index contributed by atoms with van der Waals surface area (Å²) < 4.78 is 2.24. The van der Waals surface area contributed by atoms with Crippen LogP contribution in [0.25, 0.3) is 0 Å². The van der Waals surface area contributed by atoms with Crippen LogP contribution in [0.1, 0.15) is 42.4 Å². The summed E-state index contributed by atoms with van der Waals surface area (Å²) in [6.07, 6.45) is 3.96. The van der Waals surface area contributed by atoms with Crippen LogP contribution in [-0.4, -0.2) is 32.1 Å². The summed E-state index contributed by atoms with van der Waals surface area (Å²) in [7, 11) is 0. The van der Waals surface area contributed by atoms with E-state index >= 15 is 0 Å². The molecule has 4 rings (SSSR count). The van der Waals surface area contributed by atoms with Crippen LogP contribution in [0.4, 0.5) is 0 Å². The zero-order valence-electron chi connectivity index (χ0n) is 12.6. The SMILES string of the molecule is O=C1CC(c2nnc3n2CCCC3)CN1Cc1ccccc1. The molecule has 22 heavy (non-hydrogen) atoms. The van der Waals surface area contributed by atoms with E-state index in [0.717, 1.165) is 31.2 Å². The molecule has 0 bridgehead atoms. The highest BCUT2D eigenvalue weighted by atomic mass is 16.2. The lowest BCUT2D eigenvalue weighted by molar-refractivity contribution is -0.128. The fraction of sp³-hybridized carbons (Fsp3) is 0.471. The maximum Gasteiger partial charge on any atom is 0.223 e. The molecule has 0 aliphatic carbocycles. The van der Waals surface area contributed by atoms with E-state index in [4.69, 9.17) is 0 Å². The van der Waals surface area contributed by atoms with E-state index in [1.165, 1.54) is 18.4 Å². The first-order valence-electron chi connectivity index (χ1n) is 8.05. The van der Waals surface area contributed by atoms with Crippen molar-refractivity contribution in [1.82, 2.24) is 19.7 Å². The van der Waals surface area contributed by atoms with Crippen molar-refractivity contribution in [3.63, 3.8) is 0 Å². The Balaban J connectivity index is 1.51. The second-order valence-electron chi connectivity index (χ2n) is 6.24. The molecule has 1 aromatic heterocycles. The summed E-state index contributed by atoms with van der Waals surface area (Å²) in [6, 6.07) is 10.2. The van der Waals surface area contributed by atoms with Gasteiger partial charge in [0.2, 0.25) is 5.91 Å². The van der Waals surface area contributed by atoms with E-state index in [9.17, 15) is 4.79 Å². The molecule has 1 saturated heterocycles. The minimum atomic E-state index is 0.190. The quantitative estimate of drug-likeness (QED) is 0.872. The largest absolute Gasteiger partial charge is 0.338 e. The molecule has 2 aliphatic heterocycles. The summed E-state index contributed by atoms with van der Waals surface area (Å²) in [5.74, 6) is 2.52. The van der Waals surface area contributed by atoms with Gasteiger partial charge in [-0.05, 0) is 18.4 Å². The zero-order chi connectivity index (χ0) is 14.9. The first-order chi connectivity index (χ1) is 10.8. The van der Waals surface area contributed by atoms with Crippen molar-refractivity contribution >= 4 is 5.91 Å². The molecule has 5 heteroatoms. The standard InChI is InChI=1S/C17H20N4O/c22-16-10-14(12-20(16)11-13-6-2-1-3-7-13)17-19-18-15-8-4-5-9-21(15)17/h1-3,6-7,14H,4-5,8-12H2. The third-order valence-electron chi connectivity index (χ3n) is 4.68. The molecule has 0 saturated carbocycles. The van der Waals surface area contributed by atoms with Crippen LogP contribution in [0.2, 0.25) is 0 Å². The highest BCUT2D eigenvalue weighted by Crippen LogP contribution is 2.30. The van der Waals surface area contributed by atoms with Gasteiger partial charge in [-0.15, -0.1) is 10.2 Å². The number of nitrogens with zero attached hydrogens (tertiary/aromatic N) is 4. The lowest BCUT2D eigenvalue weighted by atomic mass is 10.1. The second kappa shape index (κ2) is 5.55. The van der Waals surface area contributed by atoms with Gasteiger partial charge in [-0.25, -0.2) is 0 Å². The van der Waals surface area contributed by atoms with Gasteiger partial charge in [0.05, 0.1) is 0 Å². The van der Waals surface area contributed by atoms with Gasteiger partial charge in [0.1, 0.15) is 11.6 Å². The van der Waals surface area contributed by atoms with Crippen LogP contribution < -0.4 is 0 Å². The Morgan fingerprint density at radius 1 is 1.14 bits per heavy atom. The number of fused-ring (bicyclic) bond motifs is 1. The van der Waals surface area contributed by atoms with Crippen molar-refractivity contribution in [3.05, 3.63) is 47.5 Å².